The molecule has 0 radical (unpaired) electrons. The molecule has 0 amide bonds. The molecular formula is C11H14N3OS2+. The molecular weight excluding hydrogens is 254 g/mol. The summed E-state index contributed by atoms with van der Waals surface area (Å²) < 4.78 is 0.417. The Hall–Kier alpha value is -0.980. The van der Waals surface area contributed by atoms with Gasteiger partial charge in [0.2, 0.25) is 0 Å². The van der Waals surface area contributed by atoms with Crippen LogP contribution in [0.3, 0.4) is 0 Å². The Balaban J connectivity index is 2.26. The van der Waals surface area contributed by atoms with E-state index in [1.807, 2.05) is 0 Å². The van der Waals surface area contributed by atoms with Gasteiger partial charge < -0.3 is 9.88 Å². The van der Waals surface area contributed by atoms with Crippen LogP contribution in [0.2, 0.25) is 0 Å². The van der Waals surface area contributed by atoms with Crippen LogP contribution in [0.15, 0.2) is 4.79 Å². The third kappa shape index (κ3) is 1.76. The fourth-order valence-electron chi connectivity index (χ4n) is 2.47. The minimum absolute atomic E-state index is 0.0406. The van der Waals surface area contributed by atoms with Crippen LogP contribution in [0.25, 0.3) is 10.2 Å². The molecule has 17 heavy (non-hydrogen) atoms. The molecule has 1 unspecified atom stereocenters. The molecule has 0 fully saturated rings. The molecule has 6 heteroatoms. The highest BCUT2D eigenvalue weighted by molar-refractivity contribution is 7.71. The Morgan fingerprint density at radius 2 is 2.29 bits per heavy atom. The van der Waals surface area contributed by atoms with Crippen LogP contribution in [0.5, 0.6) is 0 Å². The molecule has 90 valence electrons. The molecule has 2 aromatic rings. The van der Waals surface area contributed by atoms with E-state index in [0.29, 0.717) is 4.77 Å². The number of fused-ring (bicyclic) bond motifs is 3. The maximum absolute atomic E-state index is 11.9. The van der Waals surface area contributed by atoms with Crippen molar-refractivity contribution in [2.75, 3.05) is 13.1 Å². The molecule has 0 bridgehead atoms. The number of hydrogen-bond acceptors (Lipinski definition) is 3. The first-order chi connectivity index (χ1) is 8.19. The maximum Gasteiger partial charge on any atom is 0.260 e. The lowest BCUT2D eigenvalue weighted by Crippen LogP contribution is -3.11. The number of nitrogens with one attached hydrogen (secondary N) is 3. The molecule has 3 N–H and O–H groups in total. The zero-order valence-corrected chi connectivity index (χ0v) is 11.2. The van der Waals surface area contributed by atoms with Crippen molar-refractivity contribution < 1.29 is 4.90 Å². The van der Waals surface area contributed by atoms with E-state index in [2.05, 4.69) is 16.9 Å². The van der Waals surface area contributed by atoms with Crippen LogP contribution < -0.4 is 10.5 Å². The summed E-state index contributed by atoms with van der Waals surface area (Å²) in [7, 11) is 0. The second-order valence-corrected chi connectivity index (χ2v) is 5.91. The number of aromatic nitrogens is 2. The predicted octanol–water partition coefficient (Wildman–Crippen LogP) is 0.608. The van der Waals surface area contributed by atoms with Gasteiger partial charge in [-0.3, -0.25) is 9.78 Å². The van der Waals surface area contributed by atoms with Crippen molar-refractivity contribution in [2.45, 2.75) is 19.9 Å². The van der Waals surface area contributed by atoms with Gasteiger partial charge in [0.05, 0.1) is 23.4 Å². The van der Waals surface area contributed by atoms with Crippen LogP contribution in [0.1, 0.15) is 17.4 Å². The van der Waals surface area contributed by atoms with E-state index in [9.17, 15) is 4.79 Å². The van der Waals surface area contributed by atoms with Gasteiger partial charge in [-0.15, -0.1) is 11.3 Å². The number of rotatable bonds is 1. The normalized spacial score (nSPS) is 19.5. The molecule has 4 nitrogen and oxygen atoms in total. The third-order valence-corrected chi connectivity index (χ3v) is 4.76. The van der Waals surface area contributed by atoms with Gasteiger partial charge in [-0.05, 0) is 24.7 Å². The van der Waals surface area contributed by atoms with E-state index >= 15 is 0 Å². The number of quaternary nitrogens is 1. The molecule has 0 aliphatic carbocycles. The van der Waals surface area contributed by atoms with Gasteiger partial charge in [-0.2, -0.15) is 0 Å². The van der Waals surface area contributed by atoms with Crippen molar-refractivity contribution in [3.05, 3.63) is 25.6 Å². The van der Waals surface area contributed by atoms with Crippen LogP contribution in [-0.2, 0) is 13.0 Å². The highest BCUT2D eigenvalue weighted by Crippen LogP contribution is 2.28. The summed E-state index contributed by atoms with van der Waals surface area (Å²) in [5.74, 6) is 0. The van der Waals surface area contributed by atoms with Crippen molar-refractivity contribution in [3.63, 3.8) is 0 Å². The Labute approximate surface area is 107 Å². The van der Waals surface area contributed by atoms with Crippen molar-refractivity contribution in [1.29, 1.82) is 0 Å². The average Bonchev–Trinajstić information content (AvgIpc) is 2.65. The monoisotopic (exact) mass is 268 g/mol. The van der Waals surface area contributed by atoms with Crippen LogP contribution in [0, 0.1) is 4.77 Å². The topological polar surface area (TPSA) is 53.1 Å². The Morgan fingerprint density at radius 3 is 3.06 bits per heavy atom. The van der Waals surface area contributed by atoms with E-state index in [-0.39, 0.29) is 5.56 Å². The minimum atomic E-state index is -0.0406. The van der Waals surface area contributed by atoms with Gasteiger partial charge in [0, 0.05) is 6.42 Å². The second kappa shape index (κ2) is 4.04. The van der Waals surface area contributed by atoms with Gasteiger partial charge in [0.15, 0.2) is 4.77 Å². The van der Waals surface area contributed by atoms with E-state index in [1.54, 1.807) is 16.2 Å². The SMILES string of the molecule is CC[NH+]1CCc2c(sc3[nH]c(=S)[nH]c(=O)c23)C1. The standard InChI is InChI=1S/C11H13N3OS2/c1-2-14-4-3-6-7(5-14)17-10-8(6)9(15)12-11(16)13-10/h2-5H2,1H3,(H2,12,13,15,16)/p+1. The van der Waals surface area contributed by atoms with Gasteiger partial charge in [-0.25, -0.2) is 0 Å². The van der Waals surface area contributed by atoms with Crippen LogP contribution >= 0.6 is 23.6 Å². The van der Waals surface area contributed by atoms with E-state index in [0.717, 1.165) is 36.3 Å². The smallest absolute Gasteiger partial charge is 0.260 e. The highest BCUT2D eigenvalue weighted by Gasteiger charge is 2.24. The molecule has 1 aliphatic heterocycles. The summed E-state index contributed by atoms with van der Waals surface area (Å²) in [6, 6.07) is 0. The van der Waals surface area contributed by atoms with Crippen LogP contribution in [-0.4, -0.2) is 23.1 Å². The summed E-state index contributed by atoms with van der Waals surface area (Å²) in [5.41, 5.74) is 1.19. The zero-order chi connectivity index (χ0) is 12.0. The number of thiophene rings is 1. The molecule has 3 heterocycles. The van der Waals surface area contributed by atoms with Crippen molar-refractivity contribution in [1.82, 2.24) is 9.97 Å². The summed E-state index contributed by atoms with van der Waals surface area (Å²) in [6.07, 6.45) is 0.992. The lowest BCUT2D eigenvalue weighted by Gasteiger charge is -2.22. The summed E-state index contributed by atoms with van der Waals surface area (Å²) in [6.45, 7) is 5.49. The number of likely N-dealkylation sites (N-methyl/N-ethyl adjacent to an activating group) is 1. The van der Waals surface area contributed by atoms with E-state index in [4.69, 9.17) is 12.2 Å². The quantitative estimate of drug-likeness (QED) is 0.664. The first kappa shape index (κ1) is 11.1. The molecule has 0 aromatic carbocycles. The molecule has 1 atom stereocenters. The van der Waals surface area contributed by atoms with Gasteiger partial charge >= 0.3 is 0 Å². The molecule has 0 spiro atoms. The average molecular weight is 268 g/mol. The van der Waals surface area contributed by atoms with Crippen molar-refractivity contribution in [3.8, 4) is 0 Å². The summed E-state index contributed by atoms with van der Waals surface area (Å²) >= 11 is 6.69. The minimum Gasteiger partial charge on any atom is -0.330 e. The maximum atomic E-state index is 11.9. The Bertz CT molecular complexity index is 682. The first-order valence-corrected chi connectivity index (χ1v) is 7.02. The molecule has 3 rings (SSSR count). The molecule has 2 aromatic heterocycles. The number of hydrogen-bond donors (Lipinski definition) is 3. The Morgan fingerprint density at radius 1 is 1.47 bits per heavy atom. The molecule has 1 aliphatic rings. The van der Waals surface area contributed by atoms with E-state index in [1.165, 1.54) is 10.4 Å². The summed E-state index contributed by atoms with van der Waals surface area (Å²) in [5, 5.41) is 0.828. The Kier molecular flexibility index (Phi) is 2.65. The number of H-pyrrole nitrogens is 2. The van der Waals surface area contributed by atoms with Gasteiger partial charge in [0.25, 0.3) is 5.56 Å². The fourth-order valence-corrected chi connectivity index (χ4v) is 4.05. The van der Waals surface area contributed by atoms with Crippen molar-refractivity contribution >= 4 is 33.8 Å². The molecule has 0 saturated carbocycles. The fraction of sp³-hybridized carbons (Fsp3) is 0.455. The van der Waals surface area contributed by atoms with E-state index < -0.39 is 0 Å². The third-order valence-electron chi connectivity index (χ3n) is 3.41. The van der Waals surface area contributed by atoms with Crippen molar-refractivity contribution in [2.24, 2.45) is 0 Å². The van der Waals surface area contributed by atoms with Crippen LogP contribution in [0.4, 0.5) is 0 Å². The number of aromatic amines is 2. The lowest BCUT2D eigenvalue weighted by atomic mass is 10.1. The largest absolute Gasteiger partial charge is 0.330 e. The molecule has 0 saturated heterocycles. The van der Waals surface area contributed by atoms with Gasteiger partial charge in [-0.1, -0.05) is 0 Å². The van der Waals surface area contributed by atoms with Gasteiger partial charge in [0.1, 0.15) is 11.4 Å². The lowest BCUT2D eigenvalue weighted by molar-refractivity contribution is -0.913. The second-order valence-electron chi connectivity index (χ2n) is 4.40. The first-order valence-electron chi connectivity index (χ1n) is 5.79. The predicted molar refractivity (Wildman–Crippen MR) is 71.4 cm³/mol. The highest BCUT2D eigenvalue weighted by atomic mass is 32.1. The zero-order valence-electron chi connectivity index (χ0n) is 9.55. The summed E-state index contributed by atoms with van der Waals surface area (Å²) in [4.78, 5) is 21.6.